The molecule has 1 unspecified atom stereocenters. The van der Waals surface area contributed by atoms with E-state index in [0.717, 1.165) is 28.9 Å². The van der Waals surface area contributed by atoms with Crippen LogP contribution < -0.4 is 5.32 Å². The van der Waals surface area contributed by atoms with E-state index in [1.165, 1.54) is 5.56 Å². The maximum Gasteiger partial charge on any atom is 0.0551 e. The van der Waals surface area contributed by atoms with Gasteiger partial charge in [0.2, 0.25) is 0 Å². The highest BCUT2D eigenvalue weighted by Gasteiger charge is 2.10. The first-order valence-electron chi connectivity index (χ1n) is 5.77. The van der Waals surface area contributed by atoms with Crippen LogP contribution in [0.5, 0.6) is 0 Å². The molecule has 0 aromatic heterocycles. The van der Waals surface area contributed by atoms with Crippen LogP contribution in [0, 0.1) is 11.8 Å². The minimum atomic E-state index is 0.257. The Hall–Kier alpha value is -0.490. The lowest BCUT2D eigenvalue weighted by atomic mass is 10.0. The van der Waals surface area contributed by atoms with Crippen molar-refractivity contribution in [1.82, 2.24) is 5.32 Å². The molecule has 0 spiro atoms. The average Bonchev–Trinajstić information content (AvgIpc) is 2.33. The normalized spacial score (nSPS) is 11.8. The Kier molecular flexibility index (Phi) is 6.65. The minimum absolute atomic E-state index is 0.257. The fraction of sp³-hybridized carbons (Fsp3) is 0.429. The van der Waals surface area contributed by atoms with Crippen molar-refractivity contribution >= 4 is 27.5 Å². The largest absolute Gasteiger partial charge is 0.309 e. The van der Waals surface area contributed by atoms with Crippen LogP contribution in [0.1, 0.15) is 38.3 Å². The molecule has 3 heteroatoms. The summed E-state index contributed by atoms with van der Waals surface area (Å²) in [5.74, 6) is 6.06. The second kappa shape index (κ2) is 7.76. The molecule has 1 N–H and O–H groups in total. The van der Waals surface area contributed by atoms with E-state index in [-0.39, 0.29) is 6.04 Å². The number of nitrogens with one attached hydrogen (secondary N) is 1. The highest BCUT2D eigenvalue weighted by Crippen LogP contribution is 2.27. The Morgan fingerprint density at radius 1 is 1.47 bits per heavy atom. The summed E-state index contributed by atoms with van der Waals surface area (Å²) < 4.78 is 0.929. The third-order valence-electron chi connectivity index (χ3n) is 2.47. The summed E-state index contributed by atoms with van der Waals surface area (Å²) in [7, 11) is 0. The molecule has 0 heterocycles. The zero-order valence-electron chi connectivity index (χ0n) is 10.2. The summed E-state index contributed by atoms with van der Waals surface area (Å²) in [5.41, 5.74) is 1.19. The number of hydrogen-bond donors (Lipinski definition) is 1. The highest BCUT2D eigenvalue weighted by atomic mass is 79.9. The maximum absolute atomic E-state index is 6.12. The molecule has 0 radical (unpaired) electrons. The first-order chi connectivity index (χ1) is 8.19. The van der Waals surface area contributed by atoms with Crippen molar-refractivity contribution < 1.29 is 0 Å². The van der Waals surface area contributed by atoms with E-state index in [1.807, 2.05) is 19.1 Å². The maximum atomic E-state index is 6.12. The molecule has 92 valence electrons. The van der Waals surface area contributed by atoms with Gasteiger partial charge in [-0.1, -0.05) is 24.6 Å². The first-order valence-corrected chi connectivity index (χ1v) is 6.94. The van der Waals surface area contributed by atoms with E-state index in [1.54, 1.807) is 0 Å². The van der Waals surface area contributed by atoms with Gasteiger partial charge in [0, 0.05) is 16.9 Å². The van der Waals surface area contributed by atoms with Crippen molar-refractivity contribution in [3.8, 4) is 11.8 Å². The molecule has 1 aromatic rings. The van der Waals surface area contributed by atoms with Crippen LogP contribution in [-0.2, 0) is 0 Å². The van der Waals surface area contributed by atoms with Crippen molar-refractivity contribution in [2.75, 3.05) is 6.54 Å². The summed E-state index contributed by atoms with van der Waals surface area (Å²) in [4.78, 5) is 0. The summed E-state index contributed by atoms with van der Waals surface area (Å²) in [6, 6.07) is 6.32. The fourth-order valence-corrected chi connectivity index (χ4v) is 2.00. The number of halogens is 2. The van der Waals surface area contributed by atoms with Gasteiger partial charge in [-0.3, -0.25) is 0 Å². The molecule has 1 aromatic carbocycles. The molecule has 0 amide bonds. The molecule has 0 bridgehead atoms. The van der Waals surface area contributed by atoms with Crippen LogP contribution >= 0.6 is 27.5 Å². The zero-order valence-corrected chi connectivity index (χ0v) is 12.5. The molecule has 0 aliphatic carbocycles. The Morgan fingerprint density at radius 3 is 2.82 bits per heavy atom. The SMILES string of the molecule is CC#CCC(NCCC)c1ccc(Br)c(Cl)c1. The molecular formula is C14H17BrClN. The van der Waals surface area contributed by atoms with E-state index in [2.05, 4.69) is 46.1 Å². The third kappa shape index (κ3) is 4.71. The summed E-state index contributed by atoms with van der Waals surface area (Å²) in [6.07, 6.45) is 1.93. The Morgan fingerprint density at radius 2 is 2.24 bits per heavy atom. The van der Waals surface area contributed by atoms with Gasteiger partial charge in [-0.2, -0.15) is 0 Å². The molecule has 0 saturated carbocycles. The molecule has 17 heavy (non-hydrogen) atoms. The Bertz CT molecular complexity index is 420. The monoisotopic (exact) mass is 313 g/mol. The van der Waals surface area contributed by atoms with Crippen molar-refractivity contribution in [2.24, 2.45) is 0 Å². The Labute approximate surface area is 117 Å². The average molecular weight is 315 g/mol. The number of benzene rings is 1. The van der Waals surface area contributed by atoms with Gasteiger partial charge in [-0.25, -0.2) is 0 Å². The van der Waals surface area contributed by atoms with E-state index < -0.39 is 0 Å². The van der Waals surface area contributed by atoms with Gasteiger partial charge in [-0.15, -0.1) is 11.8 Å². The first kappa shape index (κ1) is 14.6. The predicted octanol–water partition coefficient (Wildman–Crippen LogP) is 4.56. The van der Waals surface area contributed by atoms with Gasteiger partial charge in [-0.05, 0) is 53.5 Å². The van der Waals surface area contributed by atoms with Gasteiger partial charge in [0.15, 0.2) is 0 Å². The lowest BCUT2D eigenvalue weighted by molar-refractivity contribution is 0.542. The van der Waals surface area contributed by atoms with Crippen LogP contribution in [0.2, 0.25) is 5.02 Å². The van der Waals surface area contributed by atoms with E-state index >= 15 is 0 Å². The molecule has 0 saturated heterocycles. The van der Waals surface area contributed by atoms with Crippen LogP contribution in [0.15, 0.2) is 22.7 Å². The van der Waals surface area contributed by atoms with Gasteiger partial charge in [0.05, 0.1) is 5.02 Å². The quantitative estimate of drug-likeness (QED) is 0.786. The molecule has 1 atom stereocenters. The van der Waals surface area contributed by atoms with E-state index in [9.17, 15) is 0 Å². The van der Waals surface area contributed by atoms with Crippen LogP contribution in [0.25, 0.3) is 0 Å². The van der Waals surface area contributed by atoms with Gasteiger partial charge < -0.3 is 5.32 Å². The zero-order chi connectivity index (χ0) is 12.7. The molecule has 0 aliphatic heterocycles. The van der Waals surface area contributed by atoms with Crippen LogP contribution in [0.3, 0.4) is 0 Å². The summed E-state index contributed by atoms with van der Waals surface area (Å²) in [5, 5.41) is 4.24. The molecule has 1 rings (SSSR count). The van der Waals surface area contributed by atoms with Crippen molar-refractivity contribution in [2.45, 2.75) is 32.7 Å². The van der Waals surface area contributed by atoms with Crippen molar-refractivity contribution in [3.63, 3.8) is 0 Å². The lowest BCUT2D eigenvalue weighted by Crippen LogP contribution is -2.21. The summed E-state index contributed by atoms with van der Waals surface area (Å²) in [6.45, 7) is 5.01. The van der Waals surface area contributed by atoms with Crippen molar-refractivity contribution in [3.05, 3.63) is 33.3 Å². The standard InChI is InChI=1S/C14H17BrClN/c1-3-5-6-14(17-9-4-2)11-7-8-12(15)13(16)10-11/h7-8,10,14,17H,4,6,9H2,1-2H3. The number of rotatable bonds is 5. The predicted molar refractivity (Wildman–Crippen MR) is 78.3 cm³/mol. The fourth-order valence-electron chi connectivity index (χ4n) is 1.56. The molecule has 0 aliphatic rings. The topological polar surface area (TPSA) is 12.0 Å². The van der Waals surface area contributed by atoms with E-state index in [4.69, 9.17) is 11.6 Å². The van der Waals surface area contributed by atoms with E-state index in [0.29, 0.717) is 0 Å². The second-order valence-electron chi connectivity index (χ2n) is 3.81. The van der Waals surface area contributed by atoms with Crippen LogP contribution in [0.4, 0.5) is 0 Å². The second-order valence-corrected chi connectivity index (χ2v) is 5.07. The smallest absolute Gasteiger partial charge is 0.0551 e. The highest BCUT2D eigenvalue weighted by molar-refractivity contribution is 9.10. The Balaban J connectivity index is 2.85. The molecule has 1 nitrogen and oxygen atoms in total. The lowest BCUT2D eigenvalue weighted by Gasteiger charge is -2.17. The van der Waals surface area contributed by atoms with Gasteiger partial charge in [0.25, 0.3) is 0 Å². The number of hydrogen-bond acceptors (Lipinski definition) is 1. The van der Waals surface area contributed by atoms with Crippen LogP contribution in [-0.4, -0.2) is 6.54 Å². The summed E-state index contributed by atoms with van der Waals surface area (Å²) >= 11 is 9.52. The van der Waals surface area contributed by atoms with Crippen molar-refractivity contribution in [1.29, 1.82) is 0 Å². The minimum Gasteiger partial charge on any atom is -0.309 e. The molecule has 0 fully saturated rings. The molecular weight excluding hydrogens is 298 g/mol. The van der Waals surface area contributed by atoms with Gasteiger partial charge in [0.1, 0.15) is 0 Å². The van der Waals surface area contributed by atoms with Gasteiger partial charge >= 0.3 is 0 Å². The third-order valence-corrected chi connectivity index (χ3v) is 3.70.